The first-order chi connectivity index (χ1) is 16.1. The minimum Gasteiger partial charge on any atom is -0.480 e. The van der Waals surface area contributed by atoms with Gasteiger partial charge in [-0.3, -0.25) is 19.0 Å². The summed E-state index contributed by atoms with van der Waals surface area (Å²) in [5.41, 5.74) is 6.31. The monoisotopic (exact) mass is 469 g/mol. The molecule has 4 N–H and O–H groups in total. The van der Waals surface area contributed by atoms with E-state index in [0.29, 0.717) is 24.7 Å². The number of nitrogen functional groups attached to an aromatic ring is 1. The number of aromatic nitrogens is 1. The third kappa shape index (κ3) is 5.55. The quantitative estimate of drug-likeness (QED) is 0.413. The highest BCUT2D eigenvalue weighted by molar-refractivity contribution is 6.11. The van der Waals surface area contributed by atoms with Crippen LogP contribution in [0, 0.1) is 17.6 Å². The summed E-state index contributed by atoms with van der Waals surface area (Å²) in [5, 5.41) is 12.4. The highest BCUT2D eigenvalue weighted by Crippen LogP contribution is 2.21. The fourth-order valence-corrected chi connectivity index (χ4v) is 3.58. The number of carbonyl (C=O) groups is 2. The lowest BCUT2D eigenvalue weighted by molar-refractivity contribution is -0.140. The number of anilines is 1. The smallest absolute Gasteiger partial charge is 0.320 e. The molecule has 1 aromatic heterocycles. The molecule has 7 nitrogen and oxygen atoms in total. The van der Waals surface area contributed by atoms with E-state index in [1.807, 2.05) is 13.8 Å². The van der Waals surface area contributed by atoms with E-state index in [4.69, 9.17) is 5.73 Å². The first kappa shape index (κ1) is 24.8. The van der Waals surface area contributed by atoms with E-state index in [2.05, 4.69) is 5.32 Å². The van der Waals surface area contributed by atoms with Crippen LogP contribution in [0.4, 0.5) is 14.6 Å². The van der Waals surface area contributed by atoms with Gasteiger partial charge in [0.1, 0.15) is 23.5 Å². The summed E-state index contributed by atoms with van der Waals surface area (Å²) in [4.78, 5) is 36.7. The van der Waals surface area contributed by atoms with E-state index in [9.17, 15) is 28.3 Å². The third-order valence-electron chi connectivity index (χ3n) is 5.30. The Morgan fingerprint density at radius 2 is 1.68 bits per heavy atom. The Kier molecular flexibility index (Phi) is 7.57. The minimum absolute atomic E-state index is 0.103. The van der Waals surface area contributed by atoms with Gasteiger partial charge in [0.25, 0.3) is 5.56 Å². The normalized spacial score (nSPS) is 12.0. The van der Waals surface area contributed by atoms with Gasteiger partial charge in [-0.25, -0.2) is 8.78 Å². The number of ketones is 1. The average Bonchev–Trinajstić information content (AvgIpc) is 2.77. The number of hydrogen-bond donors (Lipinski definition) is 3. The number of carboxylic acid groups (broad SMARTS) is 1. The lowest BCUT2D eigenvalue weighted by atomic mass is 10.0. The van der Waals surface area contributed by atoms with E-state index in [0.717, 1.165) is 28.3 Å². The zero-order valence-corrected chi connectivity index (χ0v) is 18.7. The van der Waals surface area contributed by atoms with Gasteiger partial charge < -0.3 is 16.2 Å². The highest BCUT2D eigenvalue weighted by atomic mass is 19.1. The Morgan fingerprint density at radius 1 is 1.03 bits per heavy atom. The Bertz CT molecular complexity index is 1270. The Morgan fingerprint density at radius 3 is 2.26 bits per heavy atom. The van der Waals surface area contributed by atoms with Crippen LogP contribution in [0.2, 0.25) is 0 Å². The molecule has 9 heteroatoms. The summed E-state index contributed by atoms with van der Waals surface area (Å²) < 4.78 is 28.4. The van der Waals surface area contributed by atoms with Crippen molar-refractivity contribution >= 4 is 17.6 Å². The number of nitrogens with zero attached hydrogens (tertiary/aromatic N) is 1. The zero-order chi connectivity index (χ0) is 25.0. The van der Waals surface area contributed by atoms with Crippen LogP contribution in [-0.4, -0.2) is 27.5 Å². The van der Waals surface area contributed by atoms with Gasteiger partial charge in [0, 0.05) is 18.7 Å². The number of carbonyl (C=O) groups excluding carboxylic acids is 1. The summed E-state index contributed by atoms with van der Waals surface area (Å²) in [6.45, 7) is 4.19. The molecule has 3 rings (SSSR count). The molecule has 0 aliphatic heterocycles. The molecule has 1 atom stereocenters. The molecule has 0 fully saturated rings. The van der Waals surface area contributed by atoms with Crippen molar-refractivity contribution in [2.24, 2.45) is 5.92 Å². The van der Waals surface area contributed by atoms with Crippen LogP contribution in [0.1, 0.15) is 41.8 Å². The minimum atomic E-state index is -1.03. The van der Waals surface area contributed by atoms with Crippen molar-refractivity contribution < 1.29 is 23.5 Å². The van der Waals surface area contributed by atoms with Crippen LogP contribution in [0.5, 0.6) is 0 Å². The Hall–Kier alpha value is -3.85. The maximum absolute atomic E-state index is 14.1. The van der Waals surface area contributed by atoms with Crippen LogP contribution >= 0.6 is 0 Å². The summed E-state index contributed by atoms with van der Waals surface area (Å²) in [6.07, 6.45) is 0.481. The van der Waals surface area contributed by atoms with Gasteiger partial charge in [-0.1, -0.05) is 26.0 Å². The number of halogens is 2. The van der Waals surface area contributed by atoms with E-state index in [1.54, 1.807) is 24.3 Å². The molecule has 178 valence electrons. The van der Waals surface area contributed by atoms with Crippen molar-refractivity contribution in [3.8, 4) is 5.69 Å². The van der Waals surface area contributed by atoms with Gasteiger partial charge in [0.15, 0.2) is 5.78 Å². The van der Waals surface area contributed by atoms with Crippen molar-refractivity contribution in [1.29, 1.82) is 0 Å². The maximum Gasteiger partial charge on any atom is 0.320 e. The first-order valence-electron chi connectivity index (χ1n) is 10.6. The highest BCUT2D eigenvalue weighted by Gasteiger charge is 2.21. The average molecular weight is 469 g/mol. The predicted molar refractivity (Wildman–Crippen MR) is 124 cm³/mol. The first-order valence-corrected chi connectivity index (χ1v) is 10.6. The van der Waals surface area contributed by atoms with Crippen molar-refractivity contribution in [3.05, 3.63) is 93.3 Å². The zero-order valence-electron chi connectivity index (χ0n) is 18.7. The molecule has 0 spiro atoms. The van der Waals surface area contributed by atoms with Crippen LogP contribution in [-0.2, 0) is 11.3 Å². The molecule has 0 radical (unpaired) electrons. The summed E-state index contributed by atoms with van der Waals surface area (Å²) in [6, 6.07) is 10.9. The van der Waals surface area contributed by atoms with Crippen molar-refractivity contribution in [2.75, 3.05) is 5.73 Å². The van der Waals surface area contributed by atoms with E-state index < -0.39 is 35.0 Å². The van der Waals surface area contributed by atoms with E-state index >= 15 is 0 Å². The number of pyridine rings is 1. The fraction of sp³-hybridized carbons (Fsp3) is 0.240. The van der Waals surface area contributed by atoms with Crippen LogP contribution in [0.25, 0.3) is 5.69 Å². The molecule has 3 aromatic rings. The molecule has 0 aliphatic rings. The maximum atomic E-state index is 14.1. The third-order valence-corrected chi connectivity index (χ3v) is 5.30. The van der Waals surface area contributed by atoms with Crippen molar-refractivity contribution in [3.63, 3.8) is 0 Å². The molecule has 34 heavy (non-hydrogen) atoms. The summed E-state index contributed by atoms with van der Waals surface area (Å²) in [7, 11) is 0. The number of nitrogens with one attached hydrogen (secondary N) is 1. The van der Waals surface area contributed by atoms with E-state index in [-0.39, 0.29) is 22.9 Å². The Labute approximate surface area is 194 Å². The fourth-order valence-electron chi connectivity index (χ4n) is 3.58. The predicted octanol–water partition coefficient (Wildman–Crippen LogP) is 3.52. The second-order valence-electron chi connectivity index (χ2n) is 8.33. The number of hydrogen-bond acceptors (Lipinski definition) is 5. The van der Waals surface area contributed by atoms with E-state index in [1.165, 1.54) is 6.07 Å². The molecule has 0 bridgehead atoms. The SMILES string of the molecule is CC(C)C[C@H](NCc1ccc(-n2c(N)c(C(=O)c3ccc(F)cc3F)ccc2=O)cc1)C(=O)O. The largest absolute Gasteiger partial charge is 0.480 e. The second-order valence-corrected chi connectivity index (χ2v) is 8.33. The van der Waals surface area contributed by atoms with Gasteiger partial charge >= 0.3 is 5.97 Å². The number of benzene rings is 2. The molecule has 0 aliphatic carbocycles. The number of aliphatic carboxylic acids is 1. The lowest BCUT2D eigenvalue weighted by Gasteiger charge is -2.17. The molecular weight excluding hydrogens is 444 g/mol. The Balaban J connectivity index is 1.87. The molecule has 2 aromatic carbocycles. The molecule has 0 unspecified atom stereocenters. The number of nitrogens with two attached hydrogens (primary N) is 1. The van der Waals surface area contributed by atoms with Gasteiger partial charge in [-0.15, -0.1) is 0 Å². The number of carboxylic acids is 1. The second kappa shape index (κ2) is 10.4. The number of rotatable bonds is 9. The lowest BCUT2D eigenvalue weighted by Crippen LogP contribution is -2.37. The molecule has 0 amide bonds. The molecular formula is C25H25F2N3O4. The standard InChI is InChI=1S/C25H25F2N3O4/c1-14(2)11-21(25(33)34)29-13-15-3-6-17(7-4-15)30-22(31)10-9-19(24(30)28)23(32)18-8-5-16(26)12-20(18)27/h3-10,12,14,21,29H,11,13,28H2,1-2H3,(H,33,34)/t21-/m0/s1. The molecule has 1 heterocycles. The van der Waals surface area contributed by atoms with Gasteiger partial charge in [-0.2, -0.15) is 0 Å². The van der Waals surface area contributed by atoms with Gasteiger partial charge in [0.2, 0.25) is 0 Å². The summed E-state index contributed by atoms with van der Waals surface area (Å²) in [5.74, 6) is -3.53. The van der Waals surface area contributed by atoms with Crippen molar-refractivity contribution in [1.82, 2.24) is 9.88 Å². The van der Waals surface area contributed by atoms with Crippen molar-refractivity contribution in [2.45, 2.75) is 32.9 Å². The van der Waals surface area contributed by atoms with Crippen LogP contribution < -0.4 is 16.6 Å². The molecule has 0 saturated carbocycles. The molecule has 0 saturated heterocycles. The summed E-state index contributed by atoms with van der Waals surface area (Å²) >= 11 is 0. The van der Waals surface area contributed by atoms with Gasteiger partial charge in [-0.05, 0) is 48.2 Å². The van der Waals surface area contributed by atoms with Gasteiger partial charge in [0.05, 0.1) is 16.8 Å². The topological polar surface area (TPSA) is 114 Å². The van der Waals surface area contributed by atoms with Crippen LogP contribution in [0.15, 0.2) is 59.4 Å². The van der Waals surface area contributed by atoms with Crippen LogP contribution in [0.3, 0.4) is 0 Å².